The molecule has 4 aromatic rings. The van der Waals surface area contributed by atoms with Gasteiger partial charge in [-0.15, -0.1) is 11.1 Å². The summed E-state index contributed by atoms with van der Waals surface area (Å²) >= 11 is 0. The second-order valence-electron chi connectivity index (χ2n) is 10.8. The first kappa shape index (κ1) is 27.2. The van der Waals surface area contributed by atoms with Gasteiger partial charge < -0.3 is 0 Å². The fourth-order valence-electron chi connectivity index (χ4n) is 5.51. The monoisotopic (exact) mass is 479 g/mol. The van der Waals surface area contributed by atoms with Crippen LogP contribution in [0.15, 0.2) is 54.6 Å². The van der Waals surface area contributed by atoms with Gasteiger partial charge >= 0.3 is 18.9 Å². The van der Waals surface area contributed by atoms with Crippen molar-refractivity contribution in [2.75, 3.05) is 0 Å². The van der Waals surface area contributed by atoms with Crippen molar-refractivity contribution in [2.45, 2.75) is 73.6 Å². The number of hydrogen-bond donors (Lipinski definition) is 0. The average molecular weight is 480 g/mol. The molecule has 4 rings (SSSR count). The van der Waals surface area contributed by atoms with Gasteiger partial charge in [-0.3, -0.25) is 0 Å². The van der Waals surface area contributed by atoms with E-state index in [4.69, 9.17) is 0 Å². The molecular formula is C31H38LiP2+. The van der Waals surface area contributed by atoms with Gasteiger partial charge in [-0.2, -0.15) is 0 Å². The molecule has 0 unspecified atom stereocenters. The van der Waals surface area contributed by atoms with E-state index < -0.39 is 0 Å². The van der Waals surface area contributed by atoms with Crippen LogP contribution < -0.4 is 18.9 Å². The SMILES string of the molecule is Cc1cc(C)c(-c2p(C(C)(C)C)[c-](-c3c(C)cc(C)cc3C)[p+]2Cc2ccccc2)c(C)c1.[Li+]. The topological polar surface area (TPSA) is 0 Å². The van der Waals surface area contributed by atoms with E-state index >= 15 is 0 Å². The van der Waals surface area contributed by atoms with E-state index in [9.17, 15) is 0 Å². The van der Waals surface area contributed by atoms with Gasteiger partial charge in [-0.1, -0.05) is 100 Å². The largest absolute Gasteiger partial charge is 1.00 e. The molecule has 0 aliphatic heterocycles. The summed E-state index contributed by atoms with van der Waals surface area (Å²) in [6, 6.07) is 20.7. The Morgan fingerprint density at radius 2 is 1.21 bits per heavy atom. The van der Waals surface area contributed by atoms with Crippen LogP contribution in [-0.4, -0.2) is 0 Å². The zero-order chi connectivity index (χ0) is 24.1. The predicted octanol–water partition coefficient (Wildman–Crippen LogP) is 7.65. The predicted molar refractivity (Wildman–Crippen MR) is 152 cm³/mol. The second-order valence-corrected chi connectivity index (χ2v) is 16.5. The van der Waals surface area contributed by atoms with Gasteiger partial charge in [-0.05, 0) is 70.7 Å². The molecule has 34 heavy (non-hydrogen) atoms. The average Bonchev–Trinajstić information content (AvgIpc) is 2.68. The molecule has 0 nitrogen and oxygen atoms in total. The molecule has 0 bridgehead atoms. The van der Waals surface area contributed by atoms with Crippen LogP contribution in [0.3, 0.4) is 0 Å². The van der Waals surface area contributed by atoms with Crippen LogP contribution in [0.25, 0.3) is 21.2 Å². The molecule has 0 amide bonds. The van der Waals surface area contributed by atoms with E-state index in [0.717, 1.165) is 6.16 Å². The number of hydrogen-bond acceptors (Lipinski definition) is 0. The second kappa shape index (κ2) is 10.3. The van der Waals surface area contributed by atoms with Crippen molar-refractivity contribution in [1.29, 1.82) is 0 Å². The molecule has 3 aromatic carbocycles. The van der Waals surface area contributed by atoms with Crippen molar-refractivity contribution in [2.24, 2.45) is 0 Å². The summed E-state index contributed by atoms with van der Waals surface area (Å²) in [7, 11) is -0.755. The van der Waals surface area contributed by atoms with Crippen LogP contribution >= 0.6 is 15.1 Å². The van der Waals surface area contributed by atoms with Crippen molar-refractivity contribution < 1.29 is 18.9 Å². The molecular weight excluding hydrogens is 441 g/mol. The van der Waals surface area contributed by atoms with Gasteiger partial charge in [0.1, 0.15) is 0 Å². The van der Waals surface area contributed by atoms with Gasteiger partial charge in [0.05, 0.1) is 10.1 Å². The summed E-state index contributed by atoms with van der Waals surface area (Å²) in [6.07, 6.45) is 1.15. The number of rotatable bonds is 4. The molecule has 172 valence electrons. The molecule has 0 atom stereocenters. The van der Waals surface area contributed by atoms with Gasteiger partial charge in [0, 0.05) is 11.3 Å². The molecule has 1 heterocycles. The van der Waals surface area contributed by atoms with Crippen molar-refractivity contribution >= 4 is 15.1 Å². The minimum absolute atomic E-state index is 0. The zero-order valence-corrected chi connectivity index (χ0v) is 24.6. The number of aryl methyl sites for hydroxylation is 6. The maximum atomic E-state index is 2.46. The molecule has 0 aliphatic carbocycles. The normalized spacial score (nSPS) is 12.6. The molecule has 1 aromatic heterocycles. The van der Waals surface area contributed by atoms with Crippen molar-refractivity contribution in [3.05, 3.63) is 93.5 Å². The third kappa shape index (κ3) is 5.09. The van der Waals surface area contributed by atoms with Crippen LogP contribution in [0.2, 0.25) is 0 Å². The number of benzene rings is 3. The van der Waals surface area contributed by atoms with Gasteiger partial charge in [-0.25, -0.2) is 0 Å². The maximum Gasteiger partial charge on any atom is 1.00 e. The summed E-state index contributed by atoms with van der Waals surface area (Å²) < 4.78 is 0. The minimum Gasteiger partial charge on any atom is -0.104 e. The van der Waals surface area contributed by atoms with Gasteiger partial charge in [0.25, 0.3) is 0 Å². The van der Waals surface area contributed by atoms with Crippen LogP contribution in [0.1, 0.15) is 59.7 Å². The smallest absolute Gasteiger partial charge is 0.104 e. The third-order valence-electron chi connectivity index (χ3n) is 6.59. The Hall–Kier alpha value is -1.40. The van der Waals surface area contributed by atoms with E-state index in [2.05, 4.69) is 117 Å². The van der Waals surface area contributed by atoms with Crippen LogP contribution in [0, 0.1) is 41.5 Å². The van der Waals surface area contributed by atoms with Crippen molar-refractivity contribution in [1.82, 2.24) is 0 Å². The molecule has 0 saturated heterocycles. The molecule has 0 N–H and O–H groups in total. The molecule has 0 fully saturated rings. The van der Waals surface area contributed by atoms with E-state index in [1.54, 1.807) is 21.2 Å². The molecule has 0 radical (unpaired) electrons. The van der Waals surface area contributed by atoms with Crippen LogP contribution in [0.4, 0.5) is 0 Å². The Kier molecular flexibility index (Phi) is 8.23. The standard InChI is InChI=1S/C31H38P2.Li/c1-20-15-22(3)27(23(4)16-20)29-32(19-26-13-11-10-12-14-26)30(33(29)31(7,8)9)28-24(5)17-21(2)18-25(28)6;/h10-18H,19H2,1-9H3;/q;+1. The molecule has 3 heteroatoms. The first-order valence-corrected chi connectivity index (χ1v) is 14.9. The van der Waals surface area contributed by atoms with Gasteiger partial charge in [0.15, 0.2) is 0 Å². The van der Waals surface area contributed by atoms with Gasteiger partial charge in [0.2, 0.25) is 0 Å². The Morgan fingerprint density at radius 1 is 0.735 bits per heavy atom. The van der Waals surface area contributed by atoms with E-state index in [1.165, 1.54) is 38.9 Å². The summed E-state index contributed by atoms with van der Waals surface area (Å²) in [5.74, 6) is 0. The summed E-state index contributed by atoms with van der Waals surface area (Å²) in [4.78, 5) is 0. The maximum absolute atomic E-state index is 2.46. The Morgan fingerprint density at radius 3 is 1.68 bits per heavy atom. The molecule has 0 aliphatic rings. The third-order valence-corrected chi connectivity index (χ3v) is 14.0. The van der Waals surface area contributed by atoms with Crippen molar-refractivity contribution in [3.8, 4) is 21.2 Å². The summed E-state index contributed by atoms with van der Waals surface area (Å²) in [5, 5.41) is 3.80. The summed E-state index contributed by atoms with van der Waals surface area (Å²) in [5.41, 5.74) is 13.2. The van der Waals surface area contributed by atoms with Crippen molar-refractivity contribution in [3.63, 3.8) is 0 Å². The minimum atomic E-state index is -0.379. The van der Waals surface area contributed by atoms with E-state index in [1.807, 2.05) is 0 Å². The van der Waals surface area contributed by atoms with Crippen LogP contribution in [-0.2, 0) is 11.3 Å². The first-order chi connectivity index (χ1) is 15.5. The zero-order valence-electron chi connectivity index (χ0n) is 22.8. The molecule has 0 spiro atoms. The fraction of sp³-hybridized carbons (Fsp3) is 0.355. The summed E-state index contributed by atoms with van der Waals surface area (Å²) in [6.45, 7) is 21.2. The Balaban J connectivity index is 0.00000324. The first-order valence-electron chi connectivity index (χ1n) is 12.0. The molecule has 0 saturated carbocycles. The fourth-order valence-corrected chi connectivity index (χ4v) is 15.1. The Labute approximate surface area is 221 Å². The van der Waals surface area contributed by atoms with E-state index in [-0.39, 0.29) is 39.1 Å². The Bertz CT molecular complexity index is 1190. The van der Waals surface area contributed by atoms with E-state index in [0.29, 0.717) is 0 Å². The quantitative estimate of drug-likeness (QED) is 0.208. The van der Waals surface area contributed by atoms with Crippen LogP contribution in [0.5, 0.6) is 0 Å².